The third-order valence-corrected chi connectivity index (χ3v) is 2.50. The number of rotatable bonds is 5. The zero-order valence-electron chi connectivity index (χ0n) is 12.3. The quantitative estimate of drug-likeness (QED) is 0.791. The van der Waals surface area contributed by atoms with Crippen molar-refractivity contribution < 1.29 is 19.0 Å². The summed E-state index contributed by atoms with van der Waals surface area (Å²) in [6.45, 7) is 5.90. The average Bonchev–Trinajstić information content (AvgIpc) is 2.87. The van der Waals surface area contributed by atoms with Crippen molar-refractivity contribution in [2.45, 2.75) is 26.9 Å². The number of carbonyl (C=O) groups is 1. The molecule has 112 valence electrons. The van der Waals surface area contributed by atoms with Crippen LogP contribution < -0.4 is 9.47 Å². The Labute approximate surface area is 123 Å². The zero-order valence-corrected chi connectivity index (χ0v) is 12.3. The van der Waals surface area contributed by atoms with Gasteiger partial charge in [0.25, 0.3) is 0 Å². The van der Waals surface area contributed by atoms with E-state index in [1.165, 1.54) is 0 Å². The molecule has 2 rings (SSSR count). The first kappa shape index (κ1) is 14.9. The number of ether oxygens (including phenoxy) is 3. The summed E-state index contributed by atoms with van der Waals surface area (Å²) in [7, 11) is 0. The smallest absolute Gasteiger partial charge is 0.491 e. The fourth-order valence-corrected chi connectivity index (χ4v) is 1.72. The molecule has 0 radical (unpaired) electrons. The number of imidazole rings is 1. The maximum absolute atomic E-state index is 11.2. The van der Waals surface area contributed by atoms with Crippen molar-refractivity contribution in [3.05, 3.63) is 36.8 Å². The topological polar surface area (TPSA) is 62.6 Å². The molecule has 2 aromatic rings. The van der Waals surface area contributed by atoms with E-state index in [0.29, 0.717) is 0 Å². The summed E-state index contributed by atoms with van der Waals surface area (Å²) < 4.78 is 17.0. The largest absolute Gasteiger partial charge is 0.515 e. The van der Waals surface area contributed by atoms with Gasteiger partial charge in [0.05, 0.1) is 24.6 Å². The molecule has 0 unspecified atom stereocenters. The maximum atomic E-state index is 11.2. The molecule has 0 saturated heterocycles. The van der Waals surface area contributed by atoms with E-state index in [-0.39, 0.29) is 18.6 Å². The van der Waals surface area contributed by atoms with Gasteiger partial charge in [0.15, 0.2) is 0 Å². The van der Waals surface area contributed by atoms with E-state index >= 15 is 0 Å². The SMILES string of the molecule is CCOC(=O)Oc1cn(-c2cccc(OC(C)C)c2)cn1. The van der Waals surface area contributed by atoms with Crippen LogP contribution in [0.2, 0.25) is 0 Å². The number of nitrogens with zero attached hydrogens (tertiary/aromatic N) is 2. The lowest BCUT2D eigenvalue weighted by molar-refractivity contribution is 0.103. The van der Waals surface area contributed by atoms with Gasteiger partial charge in [0, 0.05) is 6.07 Å². The van der Waals surface area contributed by atoms with Crippen LogP contribution in [0.25, 0.3) is 5.69 Å². The van der Waals surface area contributed by atoms with Gasteiger partial charge in [-0.25, -0.2) is 9.78 Å². The van der Waals surface area contributed by atoms with Crippen molar-refractivity contribution in [2.24, 2.45) is 0 Å². The molecule has 1 aromatic heterocycles. The zero-order chi connectivity index (χ0) is 15.2. The Morgan fingerprint density at radius 2 is 2.19 bits per heavy atom. The molecule has 1 heterocycles. The van der Waals surface area contributed by atoms with E-state index in [1.54, 1.807) is 24.0 Å². The lowest BCUT2D eigenvalue weighted by Gasteiger charge is -2.10. The van der Waals surface area contributed by atoms with Gasteiger partial charge in [0.2, 0.25) is 5.88 Å². The molecule has 6 nitrogen and oxygen atoms in total. The summed E-state index contributed by atoms with van der Waals surface area (Å²) in [6, 6.07) is 7.56. The highest BCUT2D eigenvalue weighted by Gasteiger charge is 2.09. The van der Waals surface area contributed by atoms with E-state index in [9.17, 15) is 4.79 Å². The van der Waals surface area contributed by atoms with Crippen LogP contribution in [0.15, 0.2) is 36.8 Å². The molecule has 0 aliphatic heterocycles. The second-order valence-electron chi connectivity index (χ2n) is 4.57. The molecule has 0 aliphatic rings. The fraction of sp³-hybridized carbons (Fsp3) is 0.333. The van der Waals surface area contributed by atoms with Crippen molar-refractivity contribution in [1.29, 1.82) is 0 Å². The summed E-state index contributed by atoms with van der Waals surface area (Å²) in [5.74, 6) is 0.952. The molecule has 0 fully saturated rings. The summed E-state index contributed by atoms with van der Waals surface area (Å²) >= 11 is 0. The molecule has 0 bridgehead atoms. The van der Waals surface area contributed by atoms with Gasteiger partial charge in [-0.3, -0.25) is 0 Å². The molecule has 0 atom stereocenters. The first-order valence-corrected chi connectivity index (χ1v) is 6.74. The fourth-order valence-electron chi connectivity index (χ4n) is 1.72. The van der Waals surface area contributed by atoms with Gasteiger partial charge in [-0.15, -0.1) is 0 Å². The highest BCUT2D eigenvalue weighted by Crippen LogP contribution is 2.19. The van der Waals surface area contributed by atoms with Crippen LogP contribution in [0.3, 0.4) is 0 Å². The second-order valence-corrected chi connectivity index (χ2v) is 4.57. The van der Waals surface area contributed by atoms with Crippen molar-refractivity contribution in [3.8, 4) is 17.3 Å². The van der Waals surface area contributed by atoms with Crippen molar-refractivity contribution in [1.82, 2.24) is 9.55 Å². The summed E-state index contributed by atoms with van der Waals surface area (Å²) in [5.41, 5.74) is 0.861. The van der Waals surface area contributed by atoms with Crippen LogP contribution in [0, 0.1) is 0 Å². The Bertz CT molecular complexity index is 607. The Morgan fingerprint density at radius 3 is 2.90 bits per heavy atom. The number of aromatic nitrogens is 2. The second kappa shape index (κ2) is 6.78. The number of hydrogen-bond acceptors (Lipinski definition) is 5. The molecule has 0 saturated carbocycles. The first-order chi connectivity index (χ1) is 10.1. The highest BCUT2D eigenvalue weighted by molar-refractivity contribution is 5.62. The lowest BCUT2D eigenvalue weighted by Crippen LogP contribution is -2.10. The van der Waals surface area contributed by atoms with Gasteiger partial charge in [-0.05, 0) is 32.9 Å². The van der Waals surface area contributed by atoms with Crippen LogP contribution in [-0.4, -0.2) is 28.4 Å². The number of carbonyl (C=O) groups excluding carboxylic acids is 1. The van der Waals surface area contributed by atoms with Gasteiger partial charge < -0.3 is 18.8 Å². The summed E-state index contributed by atoms with van der Waals surface area (Å²) in [4.78, 5) is 15.2. The lowest BCUT2D eigenvalue weighted by atomic mass is 10.3. The van der Waals surface area contributed by atoms with Crippen LogP contribution >= 0.6 is 0 Å². The van der Waals surface area contributed by atoms with Crippen molar-refractivity contribution in [3.63, 3.8) is 0 Å². The Hall–Kier alpha value is -2.50. The molecule has 6 heteroatoms. The predicted molar refractivity (Wildman–Crippen MR) is 77.0 cm³/mol. The molecular weight excluding hydrogens is 272 g/mol. The minimum atomic E-state index is -0.764. The normalized spacial score (nSPS) is 10.5. The predicted octanol–water partition coefficient (Wildman–Crippen LogP) is 3.19. The molecule has 1 aromatic carbocycles. The minimum absolute atomic E-state index is 0.103. The van der Waals surface area contributed by atoms with Gasteiger partial charge in [0.1, 0.15) is 12.1 Å². The van der Waals surface area contributed by atoms with Crippen molar-refractivity contribution in [2.75, 3.05) is 6.61 Å². The molecule has 0 spiro atoms. The van der Waals surface area contributed by atoms with Gasteiger partial charge >= 0.3 is 6.16 Å². The third-order valence-electron chi connectivity index (χ3n) is 2.50. The maximum Gasteiger partial charge on any atom is 0.515 e. The van der Waals surface area contributed by atoms with Crippen LogP contribution in [0.5, 0.6) is 11.6 Å². The monoisotopic (exact) mass is 290 g/mol. The molecule has 0 N–H and O–H groups in total. The highest BCUT2D eigenvalue weighted by atomic mass is 16.7. The van der Waals surface area contributed by atoms with E-state index < -0.39 is 6.16 Å². The Morgan fingerprint density at radius 1 is 1.38 bits per heavy atom. The van der Waals surface area contributed by atoms with Crippen LogP contribution in [-0.2, 0) is 4.74 Å². The Balaban J connectivity index is 2.12. The number of hydrogen-bond donors (Lipinski definition) is 0. The van der Waals surface area contributed by atoms with Gasteiger partial charge in [-0.1, -0.05) is 6.07 Å². The summed E-state index contributed by atoms with van der Waals surface area (Å²) in [5, 5.41) is 0. The Kier molecular flexibility index (Phi) is 4.81. The van der Waals surface area contributed by atoms with E-state index in [2.05, 4.69) is 4.98 Å². The summed E-state index contributed by atoms with van der Waals surface area (Å²) in [6.07, 6.45) is 2.50. The third kappa shape index (κ3) is 4.24. The molecule has 0 aliphatic carbocycles. The van der Waals surface area contributed by atoms with Crippen molar-refractivity contribution >= 4 is 6.16 Å². The molecular formula is C15H18N2O4. The average molecular weight is 290 g/mol. The molecule has 21 heavy (non-hydrogen) atoms. The molecule has 0 amide bonds. The minimum Gasteiger partial charge on any atom is -0.491 e. The van der Waals surface area contributed by atoms with E-state index in [1.807, 2.05) is 38.1 Å². The van der Waals surface area contributed by atoms with E-state index in [0.717, 1.165) is 11.4 Å². The van der Waals surface area contributed by atoms with Gasteiger partial charge in [-0.2, -0.15) is 0 Å². The van der Waals surface area contributed by atoms with E-state index in [4.69, 9.17) is 14.2 Å². The van der Waals surface area contributed by atoms with Crippen LogP contribution in [0.1, 0.15) is 20.8 Å². The number of benzene rings is 1. The first-order valence-electron chi connectivity index (χ1n) is 6.74. The van der Waals surface area contributed by atoms with Crippen LogP contribution in [0.4, 0.5) is 4.79 Å². The standard InChI is InChI=1S/C15H18N2O4/c1-4-19-15(18)21-14-9-17(10-16-14)12-6-5-7-13(8-12)20-11(2)3/h5-11H,4H2,1-3H3.